The fourth-order valence-corrected chi connectivity index (χ4v) is 3.43. The van der Waals surface area contributed by atoms with Crippen molar-refractivity contribution in [3.63, 3.8) is 0 Å². The molecule has 0 radical (unpaired) electrons. The smallest absolute Gasteiger partial charge is 0.337 e. The van der Waals surface area contributed by atoms with Gasteiger partial charge in [-0.15, -0.1) is 0 Å². The largest absolute Gasteiger partial charge is 0.478 e. The maximum Gasteiger partial charge on any atom is 0.337 e. The Labute approximate surface area is 133 Å². The van der Waals surface area contributed by atoms with E-state index in [9.17, 15) is 19.8 Å². The summed E-state index contributed by atoms with van der Waals surface area (Å²) >= 11 is 3.37. The number of rotatable bonds is 2. The van der Waals surface area contributed by atoms with Crippen LogP contribution in [0.4, 0.5) is 0 Å². The second kappa shape index (κ2) is 5.44. The Morgan fingerprint density at radius 1 is 0.952 bits per heavy atom. The predicted octanol–water partition coefficient (Wildman–Crippen LogP) is 4.44. The second-order valence-corrected chi connectivity index (χ2v) is 7.94. The molecule has 5 heteroatoms. The first-order valence-corrected chi connectivity index (χ1v) is 7.41. The van der Waals surface area contributed by atoms with E-state index in [0.717, 1.165) is 0 Å². The van der Waals surface area contributed by atoms with Crippen LogP contribution in [0.1, 0.15) is 73.4 Å². The summed E-state index contributed by atoms with van der Waals surface area (Å²) in [6.07, 6.45) is 0. The molecule has 1 rings (SSSR count). The first-order chi connectivity index (χ1) is 9.28. The second-order valence-electron chi connectivity index (χ2n) is 7.15. The van der Waals surface area contributed by atoms with Crippen LogP contribution in [0.5, 0.6) is 0 Å². The van der Waals surface area contributed by atoms with Crippen LogP contribution in [-0.2, 0) is 10.8 Å². The minimum atomic E-state index is -1.12. The predicted molar refractivity (Wildman–Crippen MR) is 85.5 cm³/mol. The molecule has 0 heterocycles. The van der Waals surface area contributed by atoms with Gasteiger partial charge in [-0.25, -0.2) is 9.59 Å². The summed E-state index contributed by atoms with van der Waals surface area (Å²) < 4.78 is 0.456. The maximum absolute atomic E-state index is 11.7. The van der Waals surface area contributed by atoms with Crippen molar-refractivity contribution in [2.45, 2.75) is 52.4 Å². The molecule has 0 aromatic heterocycles. The Morgan fingerprint density at radius 3 is 1.71 bits per heavy atom. The highest BCUT2D eigenvalue weighted by molar-refractivity contribution is 9.10. The monoisotopic (exact) mass is 356 g/mol. The van der Waals surface area contributed by atoms with E-state index in [1.54, 1.807) is 6.07 Å². The molecule has 0 amide bonds. The Morgan fingerprint density at radius 2 is 1.43 bits per heavy atom. The zero-order valence-corrected chi connectivity index (χ0v) is 14.8. The van der Waals surface area contributed by atoms with Crippen molar-refractivity contribution >= 4 is 27.9 Å². The molecule has 0 atom stereocenters. The van der Waals surface area contributed by atoms with Gasteiger partial charge in [0.1, 0.15) is 0 Å². The summed E-state index contributed by atoms with van der Waals surface area (Å²) in [4.78, 5) is 23.3. The summed E-state index contributed by atoms with van der Waals surface area (Å²) in [7, 11) is 0. The number of carboxylic acids is 2. The molecule has 0 bridgehead atoms. The van der Waals surface area contributed by atoms with Crippen LogP contribution in [0.15, 0.2) is 10.5 Å². The fourth-order valence-electron chi connectivity index (χ4n) is 2.35. The van der Waals surface area contributed by atoms with Crippen LogP contribution in [0.2, 0.25) is 0 Å². The first-order valence-electron chi connectivity index (χ1n) is 6.62. The maximum atomic E-state index is 11.7. The van der Waals surface area contributed by atoms with Gasteiger partial charge in [-0.3, -0.25) is 0 Å². The highest BCUT2D eigenvalue weighted by Gasteiger charge is 2.33. The molecule has 2 N–H and O–H groups in total. The summed E-state index contributed by atoms with van der Waals surface area (Å²) in [5, 5.41) is 19.1. The van der Waals surface area contributed by atoms with E-state index in [0.29, 0.717) is 15.6 Å². The molecule has 0 aliphatic carbocycles. The lowest BCUT2D eigenvalue weighted by Gasteiger charge is -2.29. The molecule has 4 nitrogen and oxygen atoms in total. The molecule has 0 spiro atoms. The van der Waals surface area contributed by atoms with Crippen LogP contribution >= 0.6 is 15.9 Å². The van der Waals surface area contributed by atoms with Crippen molar-refractivity contribution < 1.29 is 19.8 Å². The van der Waals surface area contributed by atoms with E-state index in [1.807, 2.05) is 41.5 Å². The fraction of sp³-hybridized carbons (Fsp3) is 0.500. The number of hydrogen-bond donors (Lipinski definition) is 2. The Balaban J connectivity index is 4.01. The van der Waals surface area contributed by atoms with Gasteiger partial charge in [0, 0.05) is 4.47 Å². The number of carboxylic acid groups (broad SMARTS) is 2. The quantitative estimate of drug-likeness (QED) is 0.821. The highest BCUT2D eigenvalue weighted by atomic mass is 79.9. The van der Waals surface area contributed by atoms with E-state index in [-0.39, 0.29) is 16.5 Å². The van der Waals surface area contributed by atoms with Crippen molar-refractivity contribution in [2.24, 2.45) is 0 Å². The molecule has 0 aliphatic heterocycles. The van der Waals surface area contributed by atoms with E-state index in [2.05, 4.69) is 15.9 Å². The van der Waals surface area contributed by atoms with Gasteiger partial charge in [0.05, 0.1) is 11.1 Å². The van der Waals surface area contributed by atoms with Gasteiger partial charge < -0.3 is 10.2 Å². The van der Waals surface area contributed by atoms with Gasteiger partial charge >= 0.3 is 11.9 Å². The van der Waals surface area contributed by atoms with Crippen LogP contribution in [-0.4, -0.2) is 22.2 Å². The lowest BCUT2D eigenvalue weighted by molar-refractivity contribution is 0.0691. The number of benzene rings is 1. The molecule has 0 unspecified atom stereocenters. The molecular weight excluding hydrogens is 336 g/mol. The lowest BCUT2D eigenvalue weighted by atomic mass is 9.76. The third-order valence-corrected chi connectivity index (χ3v) is 4.09. The lowest BCUT2D eigenvalue weighted by Crippen LogP contribution is -2.25. The van der Waals surface area contributed by atoms with E-state index in [4.69, 9.17) is 0 Å². The first kappa shape index (κ1) is 17.7. The molecule has 1 aromatic rings. The molecule has 116 valence electrons. The van der Waals surface area contributed by atoms with Crippen molar-refractivity contribution in [2.75, 3.05) is 0 Å². The number of hydrogen-bond acceptors (Lipinski definition) is 2. The van der Waals surface area contributed by atoms with Crippen molar-refractivity contribution in [1.82, 2.24) is 0 Å². The van der Waals surface area contributed by atoms with Crippen molar-refractivity contribution in [3.8, 4) is 0 Å². The van der Waals surface area contributed by atoms with Crippen molar-refractivity contribution in [1.29, 1.82) is 0 Å². The summed E-state index contributed by atoms with van der Waals surface area (Å²) in [5.74, 6) is -2.24. The minimum absolute atomic E-state index is 0.0346. The van der Waals surface area contributed by atoms with Gasteiger partial charge in [-0.05, 0) is 44.0 Å². The van der Waals surface area contributed by atoms with E-state index >= 15 is 0 Å². The Hall–Kier alpha value is -1.36. The van der Waals surface area contributed by atoms with Crippen LogP contribution in [0.3, 0.4) is 0 Å². The average molecular weight is 357 g/mol. The van der Waals surface area contributed by atoms with Crippen LogP contribution in [0, 0.1) is 0 Å². The van der Waals surface area contributed by atoms with E-state index < -0.39 is 17.4 Å². The van der Waals surface area contributed by atoms with Gasteiger partial charge in [0.2, 0.25) is 0 Å². The Bertz CT molecular complexity index is 604. The molecule has 0 saturated heterocycles. The van der Waals surface area contributed by atoms with Gasteiger partial charge in [-0.2, -0.15) is 0 Å². The summed E-state index contributed by atoms with van der Waals surface area (Å²) in [6.45, 7) is 11.2. The molecule has 1 aromatic carbocycles. The molecular formula is C16H21BrO4. The average Bonchev–Trinajstić information content (AvgIpc) is 2.24. The number of halogens is 1. The zero-order valence-electron chi connectivity index (χ0n) is 13.2. The Kier molecular flexibility index (Phi) is 4.59. The topological polar surface area (TPSA) is 74.6 Å². The molecule has 0 aliphatic rings. The van der Waals surface area contributed by atoms with Gasteiger partial charge in [0.25, 0.3) is 0 Å². The van der Waals surface area contributed by atoms with Crippen LogP contribution in [0.25, 0.3) is 0 Å². The van der Waals surface area contributed by atoms with Gasteiger partial charge in [0.15, 0.2) is 0 Å². The third-order valence-electron chi connectivity index (χ3n) is 3.27. The third kappa shape index (κ3) is 3.46. The number of carbonyl (C=O) groups is 2. The zero-order chi connectivity index (χ0) is 16.7. The van der Waals surface area contributed by atoms with Crippen LogP contribution < -0.4 is 0 Å². The van der Waals surface area contributed by atoms with Crippen molar-refractivity contribution in [3.05, 3.63) is 32.8 Å². The molecule has 0 fully saturated rings. The standard InChI is InChI=1S/C16H21BrO4/c1-15(2,3)9-7-8(13(18)19)11(16(4,5)6)10(12(9)17)14(20)21/h7H,1-6H3,(H,18,19)(H,20,21). The summed E-state index contributed by atoms with van der Waals surface area (Å²) in [5.41, 5.74) is 0.123. The van der Waals surface area contributed by atoms with E-state index in [1.165, 1.54) is 0 Å². The minimum Gasteiger partial charge on any atom is -0.478 e. The highest BCUT2D eigenvalue weighted by Crippen LogP contribution is 2.40. The summed E-state index contributed by atoms with van der Waals surface area (Å²) in [6, 6.07) is 1.58. The SMILES string of the molecule is CC(C)(C)c1cc(C(=O)O)c(C(C)(C)C)c(C(=O)O)c1Br. The molecule has 0 saturated carbocycles. The number of aromatic carboxylic acids is 2. The molecule has 21 heavy (non-hydrogen) atoms. The normalized spacial score (nSPS) is 12.3. The van der Waals surface area contributed by atoms with Gasteiger partial charge in [-0.1, -0.05) is 41.5 Å².